The van der Waals surface area contributed by atoms with Crippen LogP contribution in [0.5, 0.6) is 0 Å². The predicted molar refractivity (Wildman–Crippen MR) is 102 cm³/mol. The van der Waals surface area contributed by atoms with Gasteiger partial charge in [0.1, 0.15) is 0 Å². The van der Waals surface area contributed by atoms with Gasteiger partial charge in [0.15, 0.2) is 0 Å². The monoisotopic (exact) mass is 339 g/mol. The minimum Gasteiger partial charge on any atom is -0.361 e. The zero-order valence-corrected chi connectivity index (χ0v) is 15.0. The fraction of sp³-hybridized carbons (Fsp3) is 0.571. The number of benzene rings is 1. The van der Waals surface area contributed by atoms with Crippen molar-refractivity contribution < 1.29 is 4.79 Å². The molecule has 4 rings (SSSR count). The summed E-state index contributed by atoms with van der Waals surface area (Å²) in [5.41, 5.74) is 1.82. The molecular formula is C21H29N3O. The third kappa shape index (κ3) is 3.74. The Balaban J connectivity index is 1.45. The summed E-state index contributed by atoms with van der Waals surface area (Å²) in [6, 6.07) is 8.23. The van der Waals surface area contributed by atoms with Crippen molar-refractivity contribution in [1.82, 2.24) is 15.2 Å². The zero-order valence-electron chi connectivity index (χ0n) is 15.0. The van der Waals surface area contributed by atoms with Crippen molar-refractivity contribution in [2.75, 3.05) is 19.6 Å². The fourth-order valence-corrected chi connectivity index (χ4v) is 4.62. The number of hydrogen-bond donors (Lipinski definition) is 2. The van der Waals surface area contributed by atoms with Crippen LogP contribution in [-0.2, 0) is 0 Å². The molecule has 1 aromatic heterocycles. The Morgan fingerprint density at radius 2 is 1.92 bits per heavy atom. The van der Waals surface area contributed by atoms with Crippen molar-refractivity contribution in [3.05, 3.63) is 36.0 Å². The van der Waals surface area contributed by atoms with Crippen molar-refractivity contribution in [3.63, 3.8) is 0 Å². The van der Waals surface area contributed by atoms with Gasteiger partial charge in [0.25, 0.3) is 5.91 Å². The minimum absolute atomic E-state index is 0.0840. The van der Waals surface area contributed by atoms with Gasteiger partial charge in [-0.05, 0) is 62.9 Å². The van der Waals surface area contributed by atoms with Gasteiger partial charge in [-0.3, -0.25) is 4.79 Å². The molecule has 4 nitrogen and oxygen atoms in total. The van der Waals surface area contributed by atoms with Crippen LogP contribution >= 0.6 is 0 Å². The van der Waals surface area contributed by atoms with E-state index in [1.165, 1.54) is 51.6 Å². The number of carbonyl (C=O) groups excluding carboxylic acids is 1. The highest BCUT2D eigenvalue weighted by Crippen LogP contribution is 2.27. The molecule has 0 bridgehead atoms. The second-order valence-electron chi connectivity index (χ2n) is 7.73. The van der Waals surface area contributed by atoms with E-state index in [-0.39, 0.29) is 5.91 Å². The van der Waals surface area contributed by atoms with E-state index in [2.05, 4.69) is 15.2 Å². The van der Waals surface area contributed by atoms with Crippen LogP contribution in [-0.4, -0.2) is 41.5 Å². The van der Waals surface area contributed by atoms with Gasteiger partial charge in [0.05, 0.1) is 0 Å². The van der Waals surface area contributed by atoms with Gasteiger partial charge in [-0.2, -0.15) is 0 Å². The molecule has 2 fully saturated rings. The number of nitrogens with one attached hydrogen (secondary N) is 2. The van der Waals surface area contributed by atoms with Crippen LogP contribution in [0.4, 0.5) is 0 Å². The van der Waals surface area contributed by atoms with Crippen LogP contribution in [0.25, 0.3) is 10.9 Å². The van der Waals surface area contributed by atoms with Gasteiger partial charge in [-0.15, -0.1) is 0 Å². The number of hydrogen-bond acceptors (Lipinski definition) is 2. The van der Waals surface area contributed by atoms with Gasteiger partial charge in [-0.25, -0.2) is 0 Å². The number of aromatic nitrogens is 1. The molecule has 0 spiro atoms. The van der Waals surface area contributed by atoms with E-state index in [9.17, 15) is 4.79 Å². The summed E-state index contributed by atoms with van der Waals surface area (Å²) in [6.07, 6.45) is 10.8. The predicted octanol–water partition coefficient (Wildman–Crippen LogP) is 3.94. The number of nitrogens with zero attached hydrogens (tertiary/aromatic N) is 1. The molecule has 2 aromatic rings. The van der Waals surface area contributed by atoms with E-state index >= 15 is 0 Å². The summed E-state index contributed by atoms with van der Waals surface area (Å²) in [5, 5.41) is 4.39. The number of fused-ring (bicyclic) bond motifs is 1. The number of H-pyrrole nitrogens is 1. The van der Waals surface area contributed by atoms with Gasteiger partial charge in [-0.1, -0.05) is 25.3 Å². The average Bonchev–Trinajstić information content (AvgIpc) is 3.13. The molecular weight excluding hydrogens is 310 g/mol. The molecule has 134 valence electrons. The standard InChI is InChI=1S/C21H29N3O/c25-21(18-8-6-10-20-17(18)11-12-22-20)23-19-9-3-2-7-16(19)15-24-13-4-1-5-14-24/h6,8,10-12,16,19,22H,1-5,7,9,13-15H2,(H,23,25)/t16-,19+/m0/s1. The summed E-state index contributed by atoms with van der Waals surface area (Å²) < 4.78 is 0. The quantitative estimate of drug-likeness (QED) is 0.886. The molecule has 2 heterocycles. The molecule has 1 aliphatic carbocycles. The first-order valence-electron chi connectivity index (χ1n) is 9.90. The summed E-state index contributed by atoms with van der Waals surface area (Å²) in [5.74, 6) is 0.682. The van der Waals surface area contributed by atoms with Gasteiger partial charge in [0, 0.05) is 35.2 Å². The summed E-state index contributed by atoms with van der Waals surface area (Å²) >= 11 is 0. The molecule has 1 saturated heterocycles. The van der Waals surface area contributed by atoms with Crippen LogP contribution in [0, 0.1) is 5.92 Å². The van der Waals surface area contributed by atoms with Crippen molar-refractivity contribution in [1.29, 1.82) is 0 Å². The van der Waals surface area contributed by atoms with E-state index in [4.69, 9.17) is 0 Å². The molecule has 0 radical (unpaired) electrons. The highest BCUT2D eigenvalue weighted by Gasteiger charge is 2.29. The molecule has 1 amide bonds. The van der Waals surface area contributed by atoms with Crippen molar-refractivity contribution >= 4 is 16.8 Å². The van der Waals surface area contributed by atoms with Crippen LogP contribution in [0.3, 0.4) is 0 Å². The van der Waals surface area contributed by atoms with Crippen LogP contribution < -0.4 is 5.32 Å². The van der Waals surface area contributed by atoms with Gasteiger partial charge >= 0.3 is 0 Å². The van der Waals surface area contributed by atoms with Crippen molar-refractivity contribution in [2.45, 2.75) is 51.0 Å². The van der Waals surface area contributed by atoms with Crippen molar-refractivity contribution in [2.24, 2.45) is 5.92 Å². The lowest BCUT2D eigenvalue weighted by atomic mass is 9.83. The number of likely N-dealkylation sites (tertiary alicyclic amines) is 1. The van der Waals surface area contributed by atoms with E-state index in [0.717, 1.165) is 29.4 Å². The average molecular weight is 339 g/mol. The molecule has 2 atom stereocenters. The molecule has 4 heteroatoms. The Labute approximate surface area is 150 Å². The van der Waals surface area contributed by atoms with E-state index in [0.29, 0.717) is 12.0 Å². The Hall–Kier alpha value is -1.81. The first kappa shape index (κ1) is 16.6. The van der Waals surface area contributed by atoms with Crippen LogP contribution in [0.1, 0.15) is 55.3 Å². The van der Waals surface area contributed by atoms with Gasteiger partial charge < -0.3 is 15.2 Å². The number of carbonyl (C=O) groups is 1. The summed E-state index contributed by atoms with van der Waals surface area (Å²) in [6.45, 7) is 3.62. The number of piperidine rings is 1. The molecule has 1 aliphatic heterocycles. The third-order valence-electron chi connectivity index (χ3n) is 6.01. The van der Waals surface area contributed by atoms with Crippen LogP contribution in [0.2, 0.25) is 0 Å². The SMILES string of the molecule is O=C(N[C@@H]1CCCC[C@H]1CN1CCCCC1)c1cccc2[nH]ccc12. The number of amides is 1. The van der Waals surface area contributed by atoms with Crippen molar-refractivity contribution in [3.8, 4) is 0 Å². The Bertz CT molecular complexity index is 717. The van der Waals surface area contributed by atoms with E-state index in [1.807, 2.05) is 30.5 Å². The Kier molecular flexibility index (Phi) is 5.07. The zero-order chi connectivity index (χ0) is 17.1. The molecule has 2 aliphatic rings. The number of rotatable bonds is 4. The van der Waals surface area contributed by atoms with E-state index in [1.54, 1.807) is 0 Å². The maximum Gasteiger partial charge on any atom is 0.252 e. The van der Waals surface area contributed by atoms with Crippen LogP contribution in [0.15, 0.2) is 30.5 Å². The minimum atomic E-state index is 0.0840. The largest absolute Gasteiger partial charge is 0.361 e. The molecule has 2 N–H and O–H groups in total. The highest BCUT2D eigenvalue weighted by molar-refractivity contribution is 6.06. The lowest BCUT2D eigenvalue weighted by Crippen LogP contribution is -2.47. The summed E-state index contributed by atoms with van der Waals surface area (Å²) in [7, 11) is 0. The first-order chi connectivity index (χ1) is 12.3. The maximum absolute atomic E-state index is 12.9. The molecule has 1 saturated carbocycles. The second kappa shape index (κ2) is 7.61. The highest BCUT2D eigenvalue weighted by atomic mass is 16.1. The molecule has 25 heavy (non-hydrogen) atoms. The third-order valence-corrected chi connectivity index (χ3v) is 6.01. The lowest BCUT2D eigenvalue weighted by Gasteiger charge is -2.37. The normalized spacial score (nSPS) is 25.1. The summed E-state index contributed by atoms with van der Waals surface area (Å²) in [4.78, 5) is 18.7. The Morgan fingerprint density at radius 1 is 1.08 bits per heavy atom. The number of aromatic amines is 1. The van der Waals surface area contributed by atoms with E-state index < -0.39 is 0 Å². The first-order valence-corrected chi connectivity index (χ1v) is 9.90. The smallest absolute Gasteiger partial charge is 0.252 e. The maximum atomic E-state index is 12.9. The van der Waals surface area contributed by atoms with Gasteiger partial charge in [0.2, 0.25) is 0 Å². The lowest BCUT2D eigenvalue weighted by molar-refractivity contribution is 0.0879. The fourth-order valence-electron chi connectivity index (χ4n) is 4.62. The second-order valence-corrected chi connectivity index (χ2v) is 7.73. The topological polar surface area (TPSA) is 48.1 Å². The molecule has 0 unspecified atom stereocenters. The molecule has 1 aromatic carbocycles. The Morgan fingerprint density at radius 3 is 2.80 bits per heavy atom.